The highest BCUT2D eigenvalue weighted by Gasteiger charge is 2.04. The van der Waals surface area contributed by atoms with Crippen LogP contribution in [0, 0.1) is 0 Å². The van der Waals surface area contributed by atoms with Crippen molar-refractivity contribution in [3.8, 4) is 5.69 Å². The van der Waals surface area contributed by atoms with E-state index in [9.17, 15) is 0 Å². The predicted molar refractivity (Wildman–Crippen MR) is 101 cm³/mol. The molecule has 2 aromatic heterocycles. The van der Waals surface area contributed by atoms with Crippen molar-refractivity contribution in [3.05, 3.63) is 81.8 Å². The topological polar surface area (TPSA) is 29.9 Å². The van der Waals surface area contributed by atoms with Crippen LogP contribution in [0.2, 0.25) is 4.34 Å². The van der Waals surface area contributed by atoms with Crippen molar-refractivity contribution in [2.24, 2.45) is 0 Å². The standard InChI is InChI=1S/C19H16ClN3S/c20-19-10-9-16(24-19)12-21-11-14-5-7-15(8-6-14)23-13-22-17-3-1-2-4-18(17)23/h1-10,13,21H,11-12H2. The Bertz CT molecular complexity index is 956. The third-order valence-corrected chi connectivity index (χ3v) is 5.16. The maximum Gasteiger partial charge on any atom is 0.100 e. The number of benzene rings is 2. The number of para-hydroxylation sites is 2. The summed E-state index contributed by atoms with van der Waals surface area (Å²) in [6.07, 6.45) is 1.87. The Hall–Kier alpha value is -2.14. The van der Waals surface area contributed by atoms with Gasteiger partial charge >= 0.3 is 0 Å². The number of fused-ring (bicyclic) bond motifs is 1. The third kappa shape index (κ3) is 3.22. The summed E-state index contributed by atoms with van der Waals surface area (Å²) in [7, 11) is 0. The molecule has 0 spiro atoms. The van der Waals surface area contributed by atoms with Gasteiger partial charge in [0.25, 0.3) is 0 Å². The van der Waals surface area contributed by atoms with Crippen molar-refractivity contribution in [3.63, 3.8) is 0 Å². The normalized spacial score (nSPS) is 11.2. The molecule has 0 radical (unpaired) electrons. The van der Waals surface area contributed by atoms with Crippen LogP contribution >= 0.6 is 22.9 Å². The summed E-state index contributed by atoms with van der Waals surface area (Å²) in [5, 5.41) is 3.45. The van der Waals surface area contributed by atoms with E-state index in [1.165, 1.54) is 10.4 Å². The maximum absolute atomic E-state index is 5.95. The van der Waals surface area contributed by atoms with Crippen LogP contribution in [-0.2, 0) is 13.1 Å². The van der Waals surface area contributed by atoms with Gasteiger partial charge in [-0.2, -0.15) is 0 Å². The Morgan fingerprint density at radius 1 is 0.958 bits per heavy atom. The average molecular weight is 354 g/mol. The number of nitrogens with one attached hydrogen (secondary N) is 1. The lowest BCUT2D eigenvalue weighted by Crippen LogP contribution is -2.11. The molecule has 5 heteroatoms. The van der Waals surface area contributed by atoms with Gasteiger partial charge in [-0.05, 0) is 42.0 Å². The summed E-state index contributed by atoms with van der Waals surface area (Å²) in [6, 6.07) is 20.7. The molecule has 4 rings (SSSR count). The van der Waals surface area contributed by atoms with Gasteiger partial charge in [0.1, 0.15) is 6.33 Å². The van der Waals surface area contributed by atoms with Gasteiger partial charge in [-0.1, -0.05) is 35.9 Å². The molecular weight excluding hydrogens is 338 g/mol. The fraction of sp³-hybridized carbons (Fsp3) is 0.105. The molecule has 2 heterocycles. The highest BCUT2D eigenvalue weighted by Crippen LogP contribution is 2.21. The number of aromatic nitrogens is 2. The molecule has 2 aromatic carbocycles. The quantitative estimate of drug-likeness (QED) is 0.545. The van der Waals surface area contributed by atoms with E-state index in [0.29, 0.717) is 0 Å². The summed E-state index contributed by atoms with van der Waals surface area (Å²) in [5.74, 6) is 0. The highest BCUT2D eigenvalue weighted by molar-refractivity contribution is 7.16. The molecule has 120 valence electrons. The summed E-state index contributed by atoms with van der Waals surface area (Å²) in [6.45, 7) is 1.67. The zero-order valence-electron chi connectivity index (χ0n) is 12.9. The van der Waals surface area contributed by atoms with Gasteiger partial charge in [0.2, 0.25) is 0 Å². The number of thiophene rings is 1. The molecule has 4 aromatic rings. The zero-order chi connectivity index (χ0) is 16.4. The van der Waals surface area contributed by atoms with Gasteiger partial charge in [-0.3, -0.25) is 4.57 Å². The van der Waals surface area contributed by atoms with Crippen LogP contribution in [0.1, 0.15) is 10.4 Å². The Morgan fingerprint density at radius 3 is 2.58 bits per heavy atom. The van der Waals surface area contributed by atoms with Crippen LogP contribution < -0.4 is 5.32 Å². The van der Waals surface area contributed by atoms with Crippen molar-refractivity contribution < 1.29 is 0 Å². The smallest absolute Gasteiger partial charge is 0.100 e. The molecule has 0 fully saturated rings. The molecule has 3 nitrogen and oxygen atoms in total. The van der Waals surface area contributed by atoms with Gasteiger partial charge in [0.15, 0.2) is 0 Å². The van der Waals surface area contributed by atoms with E-state index >= 15 is 0 Å². The summed E-state index contributed by atoms with van der Waals surface area (Å²) >= 11 is 7.56. The largest absolute Gasteiger partial charge is 0.308 e. The second kappa shape index (κ2) is 6.77. The molecule has 0 saturated heterocycles. The lowest BCUT2D eigenvalue weighted by Gasteiger charge is -2.07. The van der Waals surface area contributed by atoms with Crippen LogP contribution in [0.25, 0.3) is 16.7 Å². The number of halogens is 1. The van der Waals surface area contributed by atoms with E-state index in [2.05, 4.69) is 51.3 Å². The molecule has 0 aliphatic carbocycles. The minimum absolute atomic E-state index is 0.834. The zero-order valence-corrected chi connectivity index (χ0v) is 14.5. The number of nitrogens with zero attached hydrogens (tertiary/aromatic N) is 2. The van der Waals surface area contributed by atoms with Gasteiger partial charge in [-0.15, -0.1) is 11.3 Å². The third-order valence-electron chi connectivity index (χ3n) is 3.93. The first-order chi connectivity index (χ1) is 11.8. The Balaban J connectivity index is 1.44. The predicted octanol–water partition coefficient (Wildman–Crippen LogP) is 5.03. The van der Waals surface area contributed by atoms with Crippen LogP contribution in [0.5, 0.6) is 0 Å². The number of rotatable bonds is 5. The van der Waals surface area contributed by atoms with Crippen LogP contribution in [0.4, 0.5) is 0 Å². The van der Waals surface area contributed by atoms with Crippen molar-refractivity contribution in [1.29, 1.82) is 0 Å². The summed E-state index contributed by atoms with van der Waals surface area (Å²) < 4.78 is 2.95. The molecule has 0 atom stereocenters. The van der Waals surface area contributed by atoms with Crippen LogP contribution in [0.15, 0.2) is 67.0 Å². The fourth-order valence-electron chi connectivity index (χ4n) is 2.72. The number of hydrogen-bond donors (Lipinski definition) is 1. The van der Waals surface area contributed by atoms with E-state index in [1.807, 2.05) is 30.6 Å². The lowest BCUT2D eigenvalue weighted by molar-refractivity contribution is 0.701. The SMILES string of the molecule is Clc1ccc(CNCc2ccc(-n3cnc4ccccc43)cc2)s1. The molecule has 0 saturated carbocycles. The fourth-order valence-corrected chi connectivity index (χ4v) is 3.77. The molecule has 0 amide bonds. The first-order valence-electron chi connectivity index (χ1n) is 7.76. The molecule has 24 heavy (non-hydrogen) atoms. The molecule has 1 N–H and O–H groups in total. The van der Waals surface area contributed by atoms with Gasteiger partial charge in [-0.25, -0.2) is 4.98 Å². The van der Waals surface area contributed by atoms with E-state index < -0.39 is 0 Å². The van der Waals surface area contributed by atoms with Crippen LogP contribution in [-0.4, -0.2) is 9.55 Å². The number of imidazole rings is 1. The molecule has 0 aliphatic rings. The first-order valence-corrected chi connectivity index (χ1v) is 8.95. The minimum atomic E-state index is 0.834. The second-order valence-electron chi connectivity index (χ2n) is 5.58. The molecule has 0 unspecified atom stereocenters. The summed E-state index contributed by atoms with van der Waals surface area (Å²) in [5.41, 5.74) is 4.51. The lowest BCUT2D eigenvalue weighted by atomic mass is 10.2. The van der Waals surface area contributed by atoms with Crippen molar-refractivity contribution in [2.75, 3.05) is 0 Å². The first kappa shape index (κ1) is 15.4. The van der Waals surface area contributed by atoms with E-state index in [0.717, 1.165) is 34.1 Å². The Kier molecular flexibility index (Phi) is 4.34. The van der Waals surface area contributed by atoms with Crippen molar-refractivity contribution in [1.82, 2.24) is 14.9 Å². The molecule has 0 bridgehead atoms. The Labute approximate surface area is 149 Å². The van der Waals surface area contributed by atoms with Gasteiger partial charge in [0, 0.05) is 23.7 Å². The van der Waals surface area contributed by atoms with Crippen LogP contribution in [0.3, 0.4) is 0 Å². The number of hydrogen-bond acceptors (Lipinski definition) is 3. The maximum atomic E-state index is 5.95. The second-order valence-corrected chi connectivity index (χ2v) is 7.38. The van der Waals surface area contributed by atoms with Crippen molar-refractivity contribution in [2.45, 2.75) is 13.1 Å². The highest BCUT2D eigenvalue weighted by atomic mass is 35.5. The van der Waals surface area contributed by atoms with E-state index in [1.54, 1.807) is 11.3 Å². The van der Waals surface area contributed by atoms with E-state index in [4.69, 9.17) is 11.6 Å². The van der Waals surface area contributed by atoms with Gasteiger partial charge < -0.3 is 5.32 Å². The average Bonchev–Trinajstić information content (AvgIpc) is 3.22. The van der Waals surface area contributed by atoms with Crippen molar-refractivity contribution >= 4 is 34.0 Å². The Morgan fingerprint density at radius 2 is 1.79 bits per heavy atom. The monoisotopic (exact) mass is 353 g/mol. The minimum Gasteiger partial charge on any atom is -0.308 e. The molecular formula is C19H16ClN3S. The summed E-state index contributed by atoms with van der Waals surface area (Å²) in [4.78, 5) is 5.70. The molecule has 0 aliphatic heterocycles. The van der Waals surface area contributed by atoms with E-state index in [-0.39, 0.29) is 0 Å². The van der Waals surface area contributed by atoms with Gasteiger partial charge in [0.05, 0.1) is 15.4 Å².